The van der Waals surface area contributed by atoms with Crippen molar-refractivity contribution in [2.45, 2.75) is 32.6 Å². The number of hydrogen-bond donors (Lipinski definition) is 2. The average Bonchev–Trinajstić information content (AvgIpc) is 2.73. The van der Waals surface area contributed by atoms with Gasteiger partial charge in [0.2, 0.25) is 11.8 Å². The maximum atomic E-state index is 12.7. The molecule has 0 bridgehead atoms. The van der Waals surface area contributed by atoms with Crippen molar-refractivity contribution in [2.24, 2.45) is 11.8 Å². The minimum Gasteiger partial charge on any atom is -0.497 e. The smallest absolute Gasteiger partial charge is 0.227 e. The minimum absolute atomic E-state index is 0.0314. The van der Waals surface area contributed by atoms with Crippen LogP contribution in [0.4, 0.5) is 11.4 Å². The predicted octanol–water partition coefficient (Wildman–Crippen LogP) is 4.40. The topological polar surface area (TPSA) is 76.7 Å². The number of methoxy groups -OCH3 is 2. The van der Waals surface area contributed by atoms with Crippen LogP contribution in [0.5, 0.6) is 11.5 Å². The summed E-state index contributed by atoms with van der Waals surface area (Å²) in [7, 11) is 3.14. The van der Waals surface area contributed by atoms with Crippen LogP contribution in [-0.4, -0.2) is 26.0 Å². The molecule has 3 rings (SSSR count). The lowest BCUT2D eigenvalue weighted by atomic mass is 9.81. The van der Waals surface area contributed by atoms with E-state index in [9.17, 15) is 9.59 Å². The fourth-order valence-corrected chi connectivity index (χ4v) is 3.73. The van der Waals surface area contributed by atoms with Gasteiger partial charge in [-0.05, 0) is 62.4 Å². The van der Waals surface area contributed by atoms with Gasteiger partial charge >= 0.3 is 0 Å². The Labute approximate surface area is 171 Å². The third kappa shape index (κ3) is 5.28. The molecule has 0 spiro atoms. The second-order valence-corrected chi connectivity index (χ2v) is 7.46. The largest absolute Gasteiger partial charge is 0.497 e. The van der Waals surface area contributed by atoms with Gasteiger partial charge in [-0.3, -0.25) is 9.59 Å². The first-order chi connectivity index (χ1) is 14.0. The van der Waals surface area contributed by atoms with Gasteiger partial charge in [0.25, 0.3) is 0 Å². The van der Waals surface area contributed by atoms with Crippen molar-refractivity contribution in [2.75, 3.05) is 24.9 Å². The van der Waals surface area contributed by atoms with Gasteiger partial charge in [-0.2, -0.15) is 0 Å². The fraction of sp³-hybridized carbons (Fsp3) is 0.391. The van der Waals surface area contributed by atoms with Crippen LogP contribution in [0.25, 0.3) is 0 Å². The number of aryl methyl sites for hydroxylation is 1. The third-order valence-corrected chi connectivity index (χ3v) is 5.42. The van der Waals surface area contributed by atoms with Gasteiger partial charge in [-0.1, -0.05) is 12.1 Å². The molecule has 2 N–H and O–H groups in total. The zero-order chi connectivity index (χ0) is 20.8. The predicted molar refractivity (Wildman–Crippen MR) is 113 cm³/mol. The molecule has 29 heavy (non-hydrogen) atoms. The molecule has 0 saturated heterocycles. The van der Waals surface area contributed by atoms with E-state index in [1.807, 2.05) is 31.2 Å². The van der Waals surface area contributed by atoms with Gasteiger partial charge in [-0.25, -0.2) is 0 Å². The molecule has 6 heteroatoms. The van der Waals surface area contributed by atoms with Crippen molar-refractivity contribution in [1.29, 1.82) is 0 Å². The van der Waals surface area contributed by atoms with E-state index in [-0.39, 0.29) is 23.7 Å². The zero-order valence-corrected chi connectivity index (χ0v) is 17.2. The second-order valence-electron chi connectivity index (χ2n) is 7.46. The maximum absolute atomic E-state index is 12.7. The summed E-state index contributed by atoms with van der Waals surface area (Å²) in [5.41, 5.74) is 2.52. The SMILES string of the molecule is COc1ccc(OC)c(NC(=O)C2CCC(C(=O)Nc3cccc(C)c3)CC2)c1. The first-order valence-corrected chi connectivity index (χ1v) is 9.90. The number of nitrogens with one attached hydrogen (secondary N) is 2. The van der Waals surface area contributed by atoms with Gasteiger partial charge in [0, 0.05) is 23.6 Å². The summed E-state index contributed by atoms with van der Waals surface area (Å²) in [5.74, 6) is 1.04. The molecule has 1 saturated carbocycles. The van der Waals surface area contributed by atoms with E-state index in [1.54, 1.807) is 32.4 Å². The lowest BCUT2D eigenvalue weighted by Gasteiger charge is -2.27. The van der Waals surface area contributed by atoms with E-state index < -0.39 is 0 Å². The van der Waals surface area contributed by atoms with Crippen LogP contribution in [0.3, 0.4) is 0 Å². The second kappa shape index (κ2) is 9.45. The Hall–Kier alpha value is -3.02. The Morgan fingerprint density at radius 1 is 0.862 bits per heavy atom. The van der Waals surface area contributed by atoms with Crippen LogP contribution in [0.2, 0.25) is 0 Å². The van der Waals surface area contributed by atoms with Crippen LogP contribution >= 0.6 is 0 Å². The summed E-state index contributed by atoms with van der Waals surface area (Å²) in [6.45, 7) is 2.00. The Morgan fingerprint density at radius 3 is 2.10 bits per heavy atom. The summed E-state index contributed by atoms with van der Waals surface area (Å²) >= 11 is 0. The van der Waals surface area contributed by atoms with E-state index >= 15 is 0 Å². The molecule has 154 valence electrons. The lowest BCUT2D eigenvalue weighted by molar-refractivity contribution is -0.125. The number of carbonyl (C=O) groups is 2. The molecular weight excluding hydrogens is 368 g/mol. The number of ether oxygens (including phenoxy) is 2. The Morgan fingerprint density at radius 2 is 1.52 bits per heavy atom. The highest BCUT2D eigenvalue weighted by molar-refractivity contribution is 5.95. The Bertz CT molecular complexity index is 873. The van der Waals surface area contributed by atoms with E-state index in [0.29, 0.717) is 42.9 Å². The van der Waals surface area contributed by atoms with E-state index in [2.05, 4.69) is 10.6 Å². The number of rotatable bonds is 6. The Kier molecular flexibility index (Phi) is 6.75. The number of amides is 2. The lowest BCUT2D eigenvalue weighted by Crippen LogP contribution is -2.32. The molecule has 0 radical (unpaired) electrons. The van der Waals surface area contributed by atoms with Gasteiger partial charge < -0.3 is 20.1 Å². The molecule has 2 aromatic rings. The van der Waals surface area contributed by atoms with Gasteiger partial charge in [0.05, 0.1) is 19.9 Å². The molecule has 0 aliphatic heterocycles. The van der Waals surface area contributed by atoms with E-state index in [0.717, 1.165) is 11.3 Å². The molecule has 1 aliphatic carbocycles. The summed E-state index contributed by atoms with van der Waals surface area (Å²) in [5, 5.41) is 5.95. The van der Waals surface area contributed by atoms with Crippen LogP contribution < -0.4 is 20.1 Å². The van der Waals surface area contributed by atoms with Gasteiger partial charge in [0.1, 0.15) is 11.5 Å². The summed E-state index contributed by atoms with van der Waals surface area (Å²) < 4.78 is 10.6. The van der Waals surface area contributed by atoms with Crippen molar-refractivity contribution >= 4 is 23.2 Å². The number of benzene rings is 2. The van der Waals surface area contributed by atoms with Crippen LogP contribution in [0.1, 0.15) is 31.2 Å². The summed E-state index contributed by atoms with van der Waals surface area (Å²) in [4.78, 5) is 25.3. The molecule has 1 aliphatic rings. The summed E-state index contributed by atoms with van der Waals surface area (Å²) in [6, 6.07) is 13.1. The molecule has 6 nitrogen and oxygen atoms in total. The van der Waals surface area contributed by atoms with Crippen molar-refractivity contribution in [3.05, 3.63) is 48.0 Å². The standard InChI is InChI=1S/C23H28N2O4/c1-15-5-4-6-18(13-15)24-22(26)16-7-9-17(10-8-16)23(27)25-20-14-19(28-2)11-12-21(20)29-3/h4-6,11-14,16-17H,7-10H2,1-3H3,(H,24,26)(H,25,27). The average molecular weight is 396 g/mol. The molecule has 1 fully saturated rings. The highest BCUT2D eigenvalue weighted by atomic mass is 16.5. The number of carbonyl (C=O) groups excluding carboxylic acids is 2. The zero-order valence-electron chi connectivity index (χ0n) is 17.2. The highest BCUT2D eigenvalue weighted by Crippen LogP contribution is 2.33. The molecule has 0 heterocycles. The van der Waals surface area contributed by atoms with Crippen LogP contribution in [-0.2, 0) is 9.59 Å². The quantitative estimate of drug-likeness (QED) is 0.759. The number of anilines is 2. The van der Waals surface area contributed by atoms with Crippen LogP contribution in [0.15, 0.2) is 42.5 Å². The fourth-order valence-electron chi connectivity index (χ4n) is 3.73. The van der Waals surface area contributed by atoms with Crippen molar-refractivity contribution in [3.63, 3.8) is 0 Å². The van der Waals surface area contributed by atoms with Gasteiger partial charge in [0.15, 0.2) is 0 Å². The van der Waals surface area contributed by atoms with Crippen molar-refractivity contribution in [3.8, 4) is 11.5 Å². The first kappa shape index (κ1) is 20.7. The molecule has 0 atom stereocenters. The van der Waals surface area contributed by atoms with Gasteiger partial charge in [-0.15, -0.1) is 0 Å². The monoisotopic (exact) mass is 396 g/mol. The normalized spacial score (nSPS) is 18.6. The van der Waals surface area contributed by atoms with E-state index in [1.165, 1.54) is 0 Å². The molecule has 0 unspecified atom stereocenters. The third-order valence-electron chi connectivity index (χ3n) is 5.42. The first-order valence-electron chi connectivity index (χ1n) is 9.90. The minimum atomic E-state index is -0.117. The molecule has 0 aromatic heterocycles. The Balaban J connectivity index is 1.55. The molecular formula is C23H28N2O4. The molecule has 2 amide bonds. The van der Waals surface area contributed by atoms with E-state index in [4.69, 9.17) is 9.47 Å². The van der Waals surface area contributed by atoms with Crippen molar-refractivity contribution < 1.29 is 19.1 Å². The summed E-state index contributed by atoms with van der Waals surface area (Å²) in [6.07, 6.45) is 2.77. The van der Waals surface area contributed by atoms with Crippen molar-refractivity contribution in [1.82, 2.24) is 0 Å². The molecule has 2 aromatic carbocycles. The highest BCUT2D eigenvalue weighted by Gasteiger charge is 2.30. The maximum Gasteiger partial charge on any atom is 0.227 e. The van der Waals surface area contributed by atoms with Crippen LogP contribution in [0, 0.1) is 18.8 Å². The number of hydrogen-bond acceptors (Lipinski definition) is 4.